The summed E-state index contributed by atoms with van der Waals surface area (Å²) in [6, 6.07) is 17.8. The molecule has 1 amide bonds. The number of hydrogen-bond donors (Lipinski definition) is 3. The molecule has 9 heteroatoms. The van der Waals surface area contributed by atoms with Gasteiger partial charge in [-0.25, -0.2) is 4.79 Å². The second kappa shape index (κ2) is 10.8. The second-order valence-corrected chi connectivity index (χ2v) is 7.58. The number of nitriles is 1. The van der Waals surface area contributed by atoms with Gasteiger partial charge in [0.15, 0.2) is 0 Å². The monoisotopic (exact) mass is 446 g/mol. The van der Waals surface area contributed by atoms with Crippen LogP contribution in [-0.4, -0.2) is 22.0 Å². The average molecular weight is 447 g/mol. The van der Waals surface area contributed by atoms with Gasteiger partial charge in [-0.3, -0.25) is 19.1 Å². The Bertz CT molecular complexity index is 1260. The Hall–Kier alpha value is -4.32. The summed E-state index contributed by atoms with van der Waals surface area (Å²) in [6.07, 6.45) is 1.56. The number of nitrogens with two attached hydrogens (primary N) is 1. The van der Waals surface area contributed by atoms with Gasteiger partial charge in [-0.2, -0.15) is 5.26 Å². The molecule has 0 aliphatic rings. The van der Waals surface area contributed by atoms with Crippen LogP contribution in [0.15, 0.2) is 64.2 Å². The lowest BCUT2D eigenvalue weighted by Crippen LogP contribution is -2.41. The second-order valence-electron chi connectivity index (χ2n) is 7.58. The van der Waals surface area contributed by atoms with Gasteiger partial charge < -0.3 is 16.0 Å². The van der Waals surface area contributed by atoms with Gasteiger partial charge in [0, 0.05) is 18.8 Å². The molecule has 2 aromatic carbocycles. The van der Waals surface area contributed by atoms with Crippen molar-refractivity contribution in [1.82, 2.24) is 9.55 Å². The van der Waals surface area contributed by atoms with Gasteiger partial charge in [-0.05, 0) is 36.2 Å². The Morgan fingerprint density at radius 1 is 1.15 bits per heavy atom. The average Bonchev–Trinajstić information content (AvgIpc) is 2.80. The topological polar surface area (TPSA) is 137 Å². The predicted octanol–water partition coefficient (Wildman–Crippen LogP) is 2.44. The molecule has 0 radical (unpaired) electrons. The highest BCUT2D eigenvalue weighted by Crippen LogP contribution is 2.20. The van der Waals surface area contributed by atoms with Crippen LogP contribution in [0.2, 0.25) is 0 Å². The summed E-state index contributed by atoms with van der Waals surface area (Å²) in [6.45, 7) is 2.42. The fraction of sp³-hybridized carbons (Fsp3) is 0.250. The van der Waals surface area contributed by atoms with Crippen molar-refractivity contribution in [3.05, 3.63) is 86.6 Å². The number of nitrogens with one attached hydrogen (secondary N) is 2. The molecule has 3 rings (SSSR count). The number of amides is 1. The van der Waals surface area contributed by atoms with Gasteiger partial charge in [0.2, 0.25) is 5.91 Å². The quantitative estimate of drug-likeness (QED) is 0.462. The number of unbranched alkanes of at least 4 members (excludes halogenated alkanes) is 1. The maximum Gasteiger partial charge on any atom is 0.330 e. The molecule has 0 spiro atoms. The van der Waals surface area contributed by atoms with Crippen LogP contribution in [-0.2, 0) is 17.9 Å². The minimum atomic E-state index is -0.646. The number of benzene rings is 2. The first-order chi connectivity index (χ1) is 15.9. The first-order valence-corrected chi connectivity index (χ1v) is 10.6. The maximum absolute atomic E-state index is 12.8. The van der Waals surface area contributed by atoms with E-state index < -0.39 is 11.2 Å². The fourth-order valence-electron chi connectivity index (χ4n) is 3.44. The van der Waals surface area contributed by atoms with E-state index in [1.54, 1.807) is 29.2 Å². The summed E-state index contributed by atoms with van der Waals surface area (Å²) >= 11 is 0. The smallest absolute Gasteiger partial charge is 0.330 e. The van der Waals surface area contributed by atoms with Crippen molar-refractivity contribution >= 4 is 23.1 Å². The molecule has 3 aromatic rings. The van der Waals surface area contributed by atoms with Crippen LogP contribution in [0, 0.1) is 11.3 Å². The van der Waals surface area contributed by atoms with E-state index >= 15 is 0 Å². The number of carbonyl (C=O) groups is 1. The van der Waals surface area contributed by atoms with Crippen molar-refractivity contribution in [2.75, 3.05) is 22.5 Å². The highest BCUT2D eigenvalue weighted by molar-refractivity contribution is 5.94. The highest BCUT2D eigenvalue weighted by atomic mass is 16.2. The summed E-state index contributed by atoms with van der Waals surface area (Å²) in [5.74, 6) is -0.347. The summed E-state index contributed by atoms with van der Waals surface area (Å²) in [4.78, 5) is 41.8. The predicted molar refractivity (Wildman–Crippen MR) is 128 cm³/mol. The lowest BCUT2D eigenvalue weighted by Gasteiger charge is -2.26. The van der Waals surface area contributed by atoms with Gasteiger partial charge >= 0.3 is 5.69 Å². The highest BCUT2D eigenvalue weighted by Gasteiger charge is 2.21. The minimum Gasteiger partial charge on any atom is -0.383 e. The Morgan fingerprint density at radius 2 is 1.85 bits per heavy atom. The van der Waals surface area contributed by atoms with Gasteiger partial charge in [0.1, 0.15) is 11.5 Å². The number of hydrogen-bond acceptors (Lipinski definition) is 6. The van der Waals surface area contributed by atoms with Crippen LogP contribution in [0.3, 0.4) is 0 Å². The third-order valence-corrected chi connectivity index (χ3v) is 5.11. The number of aromatic amines is 1. The molecule has 0 fully saturated rings. The first kappa shape index (κ1) is 23.3. The van der Waals surface area contributed by atoms with E-state index in [1.165, 1.54) is 4.57 Å². The molecule has 0 aliphatic heterocycles. The van der Waals surface area contributed by atoms with Gasteiger partial charge in [-0.1, -0.05) is 43.7 Å². The number of aromatic nitrogens is 2. The first-order valence-electron chi connectivity index (χ1n) is 10.6. The van der Waals surface area contributed by atoms with Gasteiger partial charge in [0.05, 0.1) is 18.2 Å². The number of nitrogens with zero attached hydrogens (tertiary/aromatic N) is 3. The van der Waals surface area contributed by atoms with Crippen LogP contribution in [0.4, 0.5) is 17.2 Å². The number of anilines is 3. The molecule has 0 saturated carbocycles. The van der Waals surface area contributed by atoms with Crippen LogP contribution in [0.5, 0.6) is 0 Å². The van der Waals surface area contributed by atoms with Gasteiger partial charge in [0.25, 0.3) is 5.56 Å². The van der Waals surface area contributed by atoms with E-state index in [-0.39, 0.29) is 30.5 Å². The Balaban J connectivity index is 1.94. The molecule has 0 bridgehead atoms. The Kier molecular flexibility index (Phi) is 7.65. The third kappa shape index (κ3) is 5.89. The minimum absolute atomic E-state index is 0.0271. The zero-order valence-corrected chi connectivity index (χ0v) is 18.4. The Morgan fingerprint density at radius 3 is 2.48 bits per heavy atom. The summed E-state index contributed by atoms with van der Waals surface area (Å²) in [5.41, 5.74) is 7.00. The van der Waals surface area contributed by atoms with E-state index in [2.05, 4.69) is 10.3 Å². The van der Waals surface area contributed by atoms with Crippen LogP contribution < -0.4 is 27.2 Å². The molecule has 170 valence electrons. The standard InChI is InChI=1S/C24H26N6O3/c1-2-3-13-30-22(26)21(23(32)28-24(30)33)29(15-18-7-5-4-6-8-18)16-20(31)27-19-11-9-17(14-25)10-12-19/h4-12H,2-3,13,15-16,26H2,1H3,(H,27,31)(H,28,32,33). The zero-order valence-electron chi connectivity index (χ0n) is 18.4. The number of H-pyrrole nitrogens is 1. The normalized spacial score (nSPS) is 10.4. The molecule has 4 N–H and O–H groups in total. The molecule has 0 unspecified atom stereocenters. The largest absolute Gasteiger partial charge is 0.383 e. The lowest BCUT2D eigenvalue weighted by atomic mass is 10.2. The lowest BCUT2D eigenvalue weighted by molar-refractivity contribution is -0.115. The molecular formula is C24H26N6O3. The van der Waals surface area contributed by atoms with E-state index in [0.717, 1.165) is 12.0 Å². The molecule has 0 atom stereocenters. The van der Waals surface area contributed by atoms with Crippen LogP contribution >= 0.6 is 0 Å². The van der Waals surface area contributed by atoms with E-state index in [9.17, 15) is 14.4 Å². The van der Waals surface area contributed by atoms with Crippen molar-refractivity contribution in [3.63, 3.8) is 0 Å². The van der Waals surface area contributed by atoms with Gasteiger partial charge in [-0.15, -0.1) is 0 Å². The fourth-order valence-corrected chi connectivity index (χ4v) is 3.44. The van der Waals surface area contributed by atoms with Crippen molar-refractivity contribution in [2.45, 2.75) is 32.9 Å². The van der Waals surface area contributed by atoms with Crippen molar-refractivity contribution in [3.8, 4) is 6.07 Å². The summed E-state index contributed by atoms with van der Waals surface area (Å²) < 4.78 is 1.33. The molecule has 9 nitrogen and oxygen atoms in total. The maximum atomic E-state index is 12.8. The molecule has 33 heavy (non-hydrogen) atoms. The van der Waals surface area contributed by atoms with E-state index in [1.807, 2.05) is 43.3 Å². The summed E-state index contributed by atoms with van der Waals surface area (Å²) in [7, 11) is 0. The summed E-state index contributed by atoms with van der Waals surface area (Å²) in [5, 5.41) is 11.7. The SMILES string of the molecule is CCCCn1c(N)c(N(CC(=O)Nc2ccc(C#N)cc2)Cc2ccccc2)c(=O)[nH]c1=O. The number of rotatable bonds is 9. The van der Waals surface area contributed by atoms with E-state index in [4.69, 9.17) is 11.0 Å². The van der Waals surface area contributed by atoms with Crippen molar-refractivity contribution in [1.29, 1.82) is 5.26 Å². The van der Waals surface area contributed by atoms with E-state index in [0.29, 0.717) is 24.2 Å². The van der Waals surface area contributed by atoms with Crippen molar-refractivity contribution in [2.24, 2.45) is 0 Å². The van der Waals surface area contributed by atoms with Crippen molar-refractivity contribution < 1.29 is 4.79 Å². The van der Waals surface area contributed by atoms with Crippen LogP contribution in [0.1, 0.15) is 30.9 Å². The molecule has 0 aliphatic carbocycles. The molecule has 1 heterocycles. The van der Waals surface area contributed by atoms with Crippen LogP contribution in [0.25, 0.3) is 0 Å². The molecule has 1 aromatic heterocycles. The molecular weight excluding hydrogens is 420 g/mol. The molecule has 0 saturated heterocycles. The Labute approximate surface area is 191 Å². The number of carbonyl (C=O) groups excluding carboxylic acids is 1. The zero-order chi connectivity index (χ0) is 23.8. The number of nitrogen functional groups attached to an aromatic ring is 1. The third-order valence-electron chi connectivity index (χ3n) is 5.11.